The van der Waals surface area contributed by atoms with Gasteiger partial charge in [-0.15, -0.1) is 0 Å². The van der Waals surface area contributed by atoms with Crippen LogP contribution in [-0.4, -0.2) is 28.9 Å². The molecule has 20 heavy (non-hydrogen) atoms. The number of nitrogens with one attached hydrogen (secondary N) is 2. The van der Waals surface area contributed by atoms with E-state index in [2.05, 4.69) is 10.6 Å². The summed E-state index contributed by atoms with van der Waals surface area (Å²) in [6, 6.07) is 4.34. The Bertz CT molecular complexity index is 573. The number of carbonyl (C=O) groups is 3. The zero-order chi connectivity index (χ0) is 14.7. The van der Waals surface area contributed by atoms with Crippen LogP contribution in [0.4, 0.5) is 5.69 Å². The van der Waals surface area contributed by atoms with E-state index in [1.54, 1.807) is 18.2 Å². The molecular weight excluding hydrogens is 284 g/mol. The molecule has 1 heterocycles. The molecule has 6 nitrogen and oxygen atoms in total. The molecular formula is C13H13ClN2O4. The lowest BCUT2D eigenvalue weighted by molar-refractivity contribution is -0.136. The zero-order valence-corrected chi connectivity index (χ0v) is 11.2. The molecule has 106 valence electrons. The molecule has 1 aliphatic rings. The van der Waals surface area contributed by atoms with E-state index in [1.165, 1.54) is 0 Å². The maximum Gasteiger partial charge on any atom is 0.307 e. The van der Waals surface area contributed by atoms with Crippen LogP contribution in [0.25, 0.3) is 0 Å². The molecule has 1 aliphatic heterocycles. The van der Waals surface area contributed by atoms with E-state index < -0.39 is 12.0 Å². The van der Waals surface area contributed by atoms with Gasteiger partial charge in [0.15, 0.2) is 0 Å². The Morgan fingerprint density at radius 2 is 2.20 bits per heavy atom. The number of rotatable bonds is 4. The van der Waals surface area contributed by atoms with Crippen molar-refractivity contribution in [1.82, 2.24) is 5.32 Å². The number of carbonyl (C=O) groups excluding carboxylic acids is 2. The molecule has 0 radical (unpaired) electrons. The minimum absolute atomic E-state index is 0.155. The fourth-order valence-corrected chi connectivity index (χ4v) is 2.22. The molecule has 0 bridgehead atoms. The summed E-state index contributed by atoms with van der Waals surface area (Å²) < 4.78 is 0. The number of hydrogen-bond donors (Lipinski definition) is 3. The fraction of sp³-hybridized carbons (Fsp3) is 0.308. The van der Waals surface area contributed by atoms with E-state index >= 15 is 0 Å². The van der Waals surface area contributed by atoms with Crippen LogP contribution in [0.1, 0.15) is 18.4 Å². The van der Waals surface area contributed by atoms with Gasteiger partial charge in [-0.1, -0.05) is 17.7 Å². The first-order chi connectivity index (χ1) is 9.45. The van der Waals surface area contributed by atoms with Gasteiger partial charge in [-0.05, 0) is 24.1 Å². The van der Waals surface area contributed by atoms with Crippen molar-refractivity contribution in [2.45, 2.75) is 25.3 Å². The van der Waals surface area contributed by atoms with E-state index in [4.69, 9.17) is 16.7 Å². The third-order valence-corrected chi connectivity index (χ3v) is 3.33. The quantitative estimate of drug-likeness (QED) is 0.725. The summed E-state index contributed by atoms with van der Waals surface area (Å²) in [4.78, 5) is 33.3. The fourth-order valence-electron chi connectivity index (χ4n) is 1.98. The van der Waals surface area contributed by atoms with Gasteiger partial charge in [0.2, 0.25) is 11.8 Å². The molecule has 1 saturated heterocycles. The van der Waals surface area contributed by atoms with Crippen molar-refractivity contribution in [3.05, 3.63) is 28.8 Å². The first kappa shape index (κ1) is 14.3. The van der Waals surface area contributed by atoms with Gasteiger partial charge in [0, 0.05) is 17.1 Å². The number of halogens is 1. The van der Waals surface area contributed by atoms with Crippen LogP contribution in [0.5, 0.6) is 0 Å². The van der Waals surface area contributed by atoms with Crippen molar-refractivity contribution in [2.24, 2.45) is 0 Å². The lowest BCUT2D eigenvalue weighted by Gasteiger charge is -2.23. The summed E-state index contributed by atoms with van der Waals surface area (Å²) in [7, 11) is 0. The normalized spacial score (nSPS) is 18.6. The minimum Gasteiger partial charge on any atom is -0.481 e. The van der Waals surface area contributed by atoms with Crippen LogP contribution >= 0.6 is 11.6 Å². The van der Waals surface area contributed by atoms with E-state index in [-0.39, 0.29) is 24.7 Å². The Hall–Kier alpha value is -2.08. The van der Waals surface area contributed by atoms with Gasteiger partial charge >= 0.3 is 5.97 Å². The molecule has 1 aromatic rings. The Kier molecular flexibility index (Phi) is 4.24. The van der Waals surface area contributed by atoms with Crippen LogP contribution in [0, 0.1) is 0 Å². The molecule has 1 unspecified atom stereocenters. The van der Waals surface area contributed by atoms with E-state index in [1.807, 2.05) is 0 Å². The third kappa shape index (κ3) is 3.48. The number of hydrogen-bond acceptors (Lipinski definition) is 4. The maximum absolute atomic E-state index is 11.6. The first-order valence-corrected chi connectivity index (χ1v) is 6.44. The average molecular weight is 297 g/mol. The van der Waals surface area contributed by atoms with Crippen molar-refractivity contribution < 1.29 is 19.5 Å². The number of amides is 2. The largest absolute Gasteiger partial charge is 0.481 e. The molecule has 2 amide bonds. The second-order valence-corrected chi connectivity index (χ2v) is 4.93. The van der Waals surface area contributed by atoms with Crippen molar-refractivity contribution >= 4 is 35.1 Å². The molecule has 1 fully saturated rings. The number of carboxylic acids is 1. The first-order valence-electron chi connectivity index (χ1n) is 6.06. The highest BCUT2D eigenvalue weighted by Gasteiger charge is 2.26. The summed E-state index contributed by atoms with van der Waals surface area (Å²) in [5, 5.41) is 14.3. The van der Waals surface area contributed by atoms with Crippen LogP contribution in [0.3, 0.4) is 0 Å². The second kappa shape index (κ2) is 5.92. The number of anilines is 1. The molecule has 3 N–H and O–H groups in total. The number of imide groups is 1. The topological polar surface area (TPSA) is 95.5 Å². The minimum atomic E-state index is -0.960. The Balaban J connectivity index is 2.07. The summed E-state index contributed by atoms with van der Waals surface area (Å²) in [6.45, 7) is 0. The Morgan fingerprint density at radius 3 is 2.80 bits per heavy atom. The monoisotopic (exact) mass is 296 g/mol. The summed E-state index contributed by atoms with van der Waals surface area (Å²) in [5.41, 5.74) is 1.12. The third-order valence-electron chi connectivity index (χ3n) is 2.97. The van der Waals surface area contributed by atoms with Gasteiger partial charge in [-0.25, -0.2) is 0 Å². The molecule has 0 aliphatic carbocycles. The zero-order valence-electron chi connectivity index (χ0n) is 10.5. The molecule has 2 rings (SSSR count). The van der Waals surface area contributed by atoms with Crippen LogP contribution in [0.15, 0.2) is 18.2 Å². The standard InChI is InChI=1S/C13H13ClN2O4/c14-9-6-8(2-1-7(9)5-12(18)19)15-10-3-4-11(17)16-13(10)20/h1-2,6,10,15H,3-5H2,(H,18,19)(H,16,17,20). The van der Waals surface area contributed by atoms with Gasteiger partial charge in [-0.2, -0.15) is 0 Å². The number of aliphatic carboxylic acids is 1. The van der Waals surface area contributed by atoms with Gasteiger partial charge in [-0.3, -0.25) is 19.7 Å². The summed E-state index contributed by atoms with van der Waals surface area (Å²) in [5.74, 6) is -1.60. The van der Waals surface area contributed by atoms with Crippen LogP contribution < -0.4 is 10.6 Å². The van der Waals surface area contributed by atoms with Gasteiger partial charge in [0.25, 0.3) is 0 Å². The van der Waals surface area contributed by atoms with Crippen molar-refractivity contribution in [2.75, 3.05) is 5.32 Å². The second-order valence-electron chi connectivity index (χ2n) is 4.52. The molecule has 0 spiro atoms. The van der Waals surface area contributed by atoms with Crippen LogP contribution in [-0.2, 0) is 20.8 Å². The van der Waals surface area contributed by atoms with Gasteiger partial charge in [0.05, 0.1) is 6.42 Å². The Morgan fingerprint density at radius 1 is 1.45 bits per heavy atom. The predicted octanol–water partition coefficient (Wildman–Crippen LogP) is 1.18. The molecule has 1 aromatic carbocycles. The highest BCUT2D eigenvalue weighted by Crippen LogP contribution is 2.23. The average Bonchev–Trinajstić information content (AvgIpc) is 2.36. The molecule has 0 saturated carbocycles. The van der Waals surface area contributed by atoms with E-state index in [0.717, 1.165) is 0 Å². The summed E-state index contributed by atoms with van der Waals surface area (Å²) in [6.07, 6.45) is 0.547. The molecule has 1 atom stereocenters. The molecule has 0 aromatic heterocycles. The van der Waals surface area contributed by atoms with E-state index in [0.29, 0.717) is 22.7 Å². The lowest BCUT2D eigenvalue weighted by Crippen LogP contribution is -2.47. The predicted molar refractivity (Wildman–Crippen MR) is 72.6 cm³/mol. The lowest BCUT2D eigenvalue weighted by atomic mass is 10.1. The van der Waals surface area contributed by atoms with Crippen molar-refractivity contribution in [1.29, 1.82) is 0 Å². The number of piperidine rings is 1. The van der Waals surface area contributed by atoms with Crippen molar-refractivity contribution in [3.8, 4) is 0 Å². The van der Waals surface area contributed by atoms with Gasteiger partial charge in [0.1, 0.15) is 6.04 Å². The summed E-state index contributed by atoms with van der Waals surface area (Å²) >= 11 is 5.99. The smallest absolute Gasteiger partial charge is 0.307 e. The van der Waals surface area contributed by atoms with Crippen molar-refractivity contribution in [3.63, 3.8) is 0 Å². The highest BCUT2D eigenvalue weighted by atomic mass is 35.5. The molecule has 7 heteroatoms. The number of carboxylic acid groups (broad SMARTS) is 1. The highest BCUT2D eigenvalue weighted by molar-refractivity contribution is 6.31. The Labute approximate surface area is 120 Å². The van der Waals surface area contributed by atoms with E-state index in [9.17, 15) is 14.4 Å². The van der Waals surface area contributed by atoms with Gasteiger partial charge < -0.3 is 10.4 Å². The number of benzene rings is 1. The van der Waals surface area contributed by atoms with Crippen LogP contribution in [0.2, 0.25) is 5.02 Å². The maximum atomic E-state index is 11.6. The SMILES string of the molecule is O=C(O)Cc1ccc(NC2CCC(=O)NC2=O)cc1Cl.